The van der Waals surface area contributed by atoms with Crippen LogP contribution in [0.2, 0.25) is 0 Å². The van der Waals surface area contributed by atoms with Crippen molar-refractivity contribution in [3.63, 3.8) is 0 Å². The predicted molar refractivity (Wildman–Crippen MR) is 66.8 cm³/mol. The number of hydrogen-bond acceptors (Lipinski definition) is 3. The zero-order valence-corrected chi connectivity index (χ0v) is 10.7. The van der Waals surface area contributed by atoms with Crippen LogP contribution in [0.25, 0.3) is 0 Å². The number of likely N-dealkylation sites (tertiary alicyclic amines) is 2. The summed E-state index contributed by atoms with van der Waals surface area (Å²) in [6.07, 6.45) is 7.16. The maximum Gasteiger partial charge on any atom is 0.0600 e. The fourth-order valence-electron chi connectivity index (χ4n) is 2.68. The number of nitrogens with zero attached hydrogens (tertiary/aromatic N) is 2. The van der Waals surface area contributed by atoms with Gasteiger partial charge in [0, 0.05) is 19.6 Å². The highest BCUT2D eigenvalue weighted by atomic mass is 16.5. The van der Waals surface area contributed by atoms with Crippen molar-refractivity contribution in [1.29, 1.82) is 0 Å². The van der Waals surface area contributed by atoms with Crippen molar-refractivity contribution >= 4 is 0 Å². The van der Waals surface area contributed by atoms with Crippen LogP contribution in [0.4, 0.5) is 0 Å². The van der Waals surface area contributed by atoms with Gasteiger partial charge in [-0.1, -0.05) is 6.42 Å². The fourth-order valence-corrected chi connectivity index (χ4v) is 2.68. The van der Waals surface area contributed by atoms with E-state index in [2.05, 4.69) is 16.8 Å². The zero-order chi connectivity index (χ0) is 11.2. The Morgan fingerprint density at radius 3 is 2.38 bits per heavy atom. The molecule has 2 heterocycles. The molecule has 0 aromatic heterocycles. The zero-order valence-electron chi connectivity index (χ0n) is 10.7. The third-order valence-electron chi connectivity index (χ3n) is 3.88. The molecule has 94 valence electrons. The first kappa shape index (κ1) is 12.3. The van der Waals surface area contributed by atoms with E-state index in [0.717, 1.165) is 13.2 Å². The van der Waals surface area contributed by atoms with Gasteiger partial charge >= 0.3 is 0 Å². The van der Waals surface area contributed by atoms with Gasteiger partial charge in [-0.25, -0.2) is 0 Å². The molecule has 2 aliphatic heterocycles. The van der Waals surface area contributed by atoms with E-state index in [-0.39, 0.29) is 0 Å². The molecule has 0 unspecified atom stereocenters. The maximum atomic E-state index is 5.97. The molecular weight excluding hydrogens is 200 g/mol. The third-order valence-corrected chi connectivity index (χ3v) is 3.88. The van der Waals surface area contributed by atoms with Gasteiger partial charge in [-0.05, 0) is 45.8 Å². The molecule has 0 aromatic carbocycles. The van der Waals surface area contributed by atoms with Crippen molar-refractivity contribution in [2.45, 2.75) is 38.2 Å². The first-order valence-corrected chi connectivity index (χ1v) is 6.87. The molecule has 0 bridgehead atoms. The highest BCUT2D eigenvalue weighted by molar-refractivity contribution is 4.70. The van der Waals surface area contributed by atoms with Crippen LogP contribution >= 0.6 is 0 Å². The standard InChI is InChI=1S/C13H26N2O/c1-14-9-5-13(6-10-14)16-12-11-15-7-3-2-4-8-15/h13H,2-12H2,1H3. The molecule has 3 nitrogen and oxygen atoms in total. The topological polar surface area (TPSA) is 15.7 Å². The minimum atomic E-state index is 0.529. The van der Waals surface area contributed by atoms with Crippen molar-refractivity contribution in [3.05, 3.63) is 0 Å². The quantitative estimate of drug-likeness (QED) is 0.724. The Bertz CT molecular complexity index is 184. The van der Waals surface area contributed by atoms with Gasteiger partial charge in [-0.3, -0.25) is 0 Å². The minimum absolute atomic E-state index is 0.529. The van der Waals surface area contributed by atoms with Crippen molar-refractivity contribution in [3.8, 4) is 0 Å². The van der Waals surface area contributed by atoms with Gasteiger partial charge in [0.2, 0.25) is 0 Å². The van der Waals surface area contributed by atoms with Crippen LogP contribution in [0.5, 0.6) is 0 Å². The van der Waals surface area contributed by atoms with Crippen LogP contribution in [0, 0.1) is 0 Å². The van der Waals surface area contributed by atoms with E-state index >= 15 is 0 Å². The second-order valence-corrected chi connectivity index (χ2v) is 5.28. The van der Waals surface area contributed by atoms with Gasteiger partial charge in [0.25, 0.3) is 0 Å². The number of piperidine rings is 2. The van der Waals surface area contributed by atoms with Crippen molar-refractivity contribution < 1.29 is 4.74 Å². The summed E-state index contributed by atoms with van der Waals surface area (Å²) in [6.45, 7) is 7.07. The first-order chi connectivity index (χ1) is 7.84. The Hall–Kier alpha value is -0.120. The number of hydrogen-bond donors (Lipinski definition) is 0. The van der Waals surface area contributed by atoms with E-state index in [1.807, 2.05) is 0 Å². The van der Waals surface area contributed by atoms with Gasteiger partial charge in [0.1, 0.15) is 0 Å². The average molecular weight is 226 g/mol. The van der Waals surface area contributed by atoms with Crippen LogP contribution in [0.3, 0.4) is 0 Å². The summed E-state index contributed by atoms with van der Waals surface area (Å²) in [5.74, 6) is 0. The van der Waals surface area contributed by atoms with Gasteiger partial charge in [-0.15, -0.1) is 0 Å². The summed E-state index contributed by atoms with van der Waals surface area (Å²) in [5.41, 5.74) is 0. The van der Waals surface area contributed by atoms with E-state index in [1.54, 1.807) is 0 Å². The molecule has 0 radical (unpaired) electrons. The highest BCUT2D eigenvalue weighted by Crippen LogP contribution is 2.13. The lowest BCUT2D eigenvalue weighted by atomic mass is 10.1. The second kappa shape index (κ2) is 6.58. The van der Waals surface area contributed by atoms with Crippen molar-refractivity contribution in [2.24, 2.45) is 0 Å². The molecule has 0 N–H and O–H groups in total. The molecule has 16 heavy (non-hydrogen) atoms. The predicted octanol–water partition coefficient (Wildman–Crippen LogP) is 1.58. The summed E-state index contributed by atoms with van der Waals surface area (Å²) >= 11 is 0. The molecule has 2 rings (SSSR count). The summed E-state index contributed by atoms with van der Waals surface area (Å²) in [4.78, 5) is 4.95. The lowest BCUT2D eigenvalue weighted by Crippen LogP contribution is -2.37. The molecule has 2 aliphatic rings. The average Bonchev–Trinajstić information content (AvgIpc) is 2.33. The fraction of sp³-hybridized carbons (Fsp3) is 1.00. The Morgan fingerprint density at radius 2 is 1.69 bits per heavy atom. The first-order valence-electron chi connectivity index (χ1n) is 6.87. The Balaban J connectivity index is 1.53. The molecule has 0 aromatic rings. The third kappa shape index (κ3) is 4.04. The lowest BCUT2D eigenvalue weighted by Gasteiger charge is -2.30. The summed E-state index contributed by atoms with van der Waals surface area (Å²) < 4.78 is 5.97. The SMILES string of the molecule is CN1CCC(OCCN2CCCCC2)CC1. The van der Waals surface area contributed by atoms with E-state index in [4.69, 9.17) is 4.74 Å². The summed E-state index contributed by atoms with van der Waals surface area (Å²) in [6, 6.07) is 0. The number of ether oxygens (including phenoxy) is 1. The lowest BCUT2D eigenvalue weighted by molar-refractivity contribution is 0.000936. The Labute approximate surface area is 99.7 Å². The second-order valence-electron chi connectivity index (χ2n) is 5.28. The van der Waals surface area contributed by atoms with Gasteiger partial charge in [0.05, 0.1) is 12.7 Å². The van der Waals surface area contributed by atoms with Crippen LogP contribution in [-0.2, 0) is 4.74 Å². The molecule has 3 heteroatoms. The van der Waals surface area contributed by atoms with Gasteiger partial charge in [-0.2, -0.15) is 0 Å². The monoisotopic (exact) mass is 226 g/mol. The minimum Gasteiger partial charge on any atom is -0.377 e. The van der Waals surface area contributed by atoms with E-state index < -0.39 is 0 Å². The van der Waals surface area contributed by atoms with Gasteiger partial charge in [0.15, 0.2) is 0 Å². The number of rotatable bonds is 4. The van der Waals surface area contributed by atoms with Crippen LogP contribution in [0.1, 0.15) is 32.1 Å². The molecule has 0 spiro atoms. The molecule has 0 aliphatic carbocycles. The van der Waals surface area contributed by atoms with E-state index in [9.17, 15) is 0 Å². The molecule has 0 atom stereocenters. The van der Waals surface area contributed by atoms with Crippen LogP contribution < -0.4 is 0 Å². The normalized spacial score (nSPS) is 26.1. The molecular formula is C13H26N2O. The molecule has 0 amide bonds. The maximum absolute atomic E-state index is 5.97. The van der Waals surface area contributed by atoms with Crippen molar-refractivity contribution in [1.82, 2.24) is 9.80 Å². The Morgan fingerprint density at radius 1 is 1.00 bits per heavy atom. The highest BCUT2D eigenvalue weighted by Gasteiger charge is 2.17. The van der Waals surface area contributed by atoms with Crippen molar-refractivity contribution in [2.75, 3.05) is 46.4 Å². The van der Waals surface area contributed by atoms with Gasteiger partial charge < -0.3 is 14.5 Å². The molecule has 2 fully saturated rings. The molecule has 2 saturated heterocycles. The van der Waals surface area contributed by atoms with E-state index in [0.29, 0.717) is 6.10 Å². The van der Waals surface area contributed by atoms with E-state index in [1.165, 1.54) is 58.3 Å². The largest absolute Gasteiger partial charge is 0.377 e. The van der Waals surface area contributed by atoms with Crippen LogP contribution in [-0.4, -0.2) is 62.3 Å². The Kier molecular flexibility index (Phi) is 5.07. The smallest absolute Gasteiger partial charge is 0.0600 e. The summed E-state index contributed by atoms with van der Waals surface area (Å²) in [5, 5.41) is 0. The molecule has 0 saturated carbocycles. The van der Waals surface area contributed by atoms with Crippen LogP contribution in [0.15, 0.2) is 0 Å². The summed E-state index contributed by atoms with van der Waals surface area (Å²) in [7, 11) is 2.20.